The van der Waals surface area contributed by atoms with E-state index >= 15 is 0 Å². The lowest BCUT2D eigenvalue weighted by Crippen LogP contribution is -1.70. The van der Waals surface area contributed by atoms with E-state index < -0.39 is 0 Å². The lowest BCUT2D eigenvalue weighted by atomic mass is 10.2. The Morgan fingerprint density at radius 1 is 1.00 bits per heavy atom. The van der Waals surface area contributed by atoms with Crippen LogP contribution in [-0.2, 0) is 0 Å². The third-order valence-electron chi connectivity index (χ3n) is 1.08. The van der Waals surface area contributed by atoms with Crippen molar-refractivity contribution in [2.45, 2.75) is 6.92 Å². The second-order valence-electron chi connectivity index (χ2n) is 1.92. The lowest BCUT2D eigenvalue weighted by molar-refractivity contribution is 1.47. The zero-order valence-corrected chi connectivity index (χ0v) is 8.95. The highest BCUT2D eigenvalue weighted by molar-refractivity contribution is 6.41. The number of aryl methyl sites for hydroxylation is 1. The van der Waals surface area contributed by atoms with Crippen molar-refractivity contribution in [3.8, 4) is 0 Å². The number of benzene rings is 1. The van der Waals surface area contributed by atoms with Crippen LogP contribution in [0, 0.1) is 6.92 Å². The largest absolute Gasteiger partial charge is 0.147 e. The second kappa shape index (κ2) is 5.96. The molecule has 1 rings (SSSR count). The molecule has 0 amide bonds. The number of hydrogen-bond donors (Lipinski definition) is 0. The van der Waals surface area contributed by atoms with E-state index in [4.69, 9.17) is 23.2 Å². The summed E-state index contributed by atoms with van der Waals surface area (Å²) in [6, 6.07) is 5.55. The van der Waals surface area contributed by atoms with E-state index in [0.29, 0.717) is 10.0 Å². The summed E-state index contributed by atoms with van der Waals surface area (Å²) in [6.07, 6.45) is 0. The van der Waals surface area contributed by atoms with Gasteiger partial charge in [-0.15, -0.1) is 24.8 Å². The van der Waals surface area contributed by atoms with Gasteiger partial charge in [-0.05, 0) is 24.6 Å². The smallest absolute Gasteiger partial charge is 0.0594 e. The van der Waals surface area contributed by atoms with Gasteiger partial charge in [0, 0.05) is 0 Å². The summed E-state index contributed by atoms with van der Waals surface area (Å²) in [6.45, 7) is 1.97. The van der Waals surface area contributed by atoms with Crippen molar-refractivity contribution in [1.29, 1.82) is 0 Å². The van der Waals surface area contributed by atoms with Gasteiger partial charge in [0.1, 0.15) is 0 Å². The molecule has 0 fully saturated rings. The molecule has 0 N–H and O–H groups in total. The Bertz CT molecular complexity index is 222. The van der Waals surface area contributed by atoms with Gasteiger partial charge in [-0.2, -0.15) is 0 Å². The number of hydrogen-bond acceptors (Lipinski definition) is 0. The summed E-state index contributed by atoms with van der Waals surface area (Å²) >= 11 is 11.3. The van der Waals surface area contributed by atoms with Crippen molar-refractivity contribution < 1.29 is 0 Å². The Hall–Kier alpha value is 0.380. The van der Waals surface area contributed by atoms with E-state index in [0.717, 1.165) is 5.56 Å². The minimum atomic E-state index is 0. The monoisotopic (exact) mass is 232 g/mol. The molecule has 0 saturated heterocycles. The summed E-state index contributed by atoms with van der Waals surface area (Å²) in [5.74, 6) is 0. The second-order valence-corrected chi connectivity index (χ2v) is 2.73. The van der Waals surface area contributed by atoms with E-state index in [9.17, 15) is 0 Å². The van der Waals surface area contributed by atoms with E-state index in [-0.39, 0.29) is 24.8 Å². The maximum absolute atomic E-state index is 5.68. The quantitative estimate of drug-likeness (QED) is 0.632. The van der Waals surface area contributed by atoms with Gasteiger partial charge in [-0.1, -0.05) is 29.3 Å². The lowest BCUT2D eigenvalue weighted by Gasteiger charge is -1.94. The molecule has 0 aliphatic heterocycles. The van der Waals surface area contributed by atoms with Crippen LogP contribution in [0.2, 0.25) is 10.0 Å². The van der Waals surface area contributed by atoms with Gasteiger partial charge in [0.25, 0.3) is 0 Å². The first-order valence-corrected chi connectivity index (χ1v) is 3.37. The molecule has 0 aromatic heterocycles. The van der Waals surface area contributed by atoms with Crippen LogP contribution in [-0.4, -0.2) is 0 Å². The predicted octanol–water partition coefficient (Wildman–Crippen LogP) is 4.15. The van der Waals surface area contributed by atoms with Crippen LogP contribution in [0.1, 0.15) is 5.56 Å². The molecule has 0 aliphatic carbocycles. The summed E-state index contributed by atoms with van der Waals surface area (Å²) in [4.78, 5) is 0. The molecule has 0 bridgehead atoms. The highest BCUT2D eigenvalue weighted by Crippen LogP contribution is 2.21. The third-order valence-corrected chi connectivity index (χ3v) is 1.81. The van der Waals surface area contributed by atoms with Gasteiger partial charge < -0.3 is 0 Å². The average molecular weight is 234 g/mol. The molecule has 0 atom stereocenters. The Kier molecular flexibility index (Phi) is 7.55. The normalized spacial score (nSPS) is 7.91. The van der Waals surface area contributed by atoms with E-state index in [1.165, 1.54) is 0 Å². The molecular formula is C7H8Cl4. The van der Waals surface area contributed by atoms with Crippen LogP contribution < -0.4 is 0 Å². The Balaban J connectivity index is 0. The van der Waals surface area contributed by atoms with Gasteiger partial charge in [0.05, 0.1) is 10.0 Å². The van der Waals surface area contributed by atoms with Crippen molar-refractivity contribution in [2.75, 3.05) is 0 Å². The molecule has 1 aromatic rings. The first kappa shape index (κ1) is 13.9. The molecule has 1 aromatic carbocycles. The summed E-state index contributed by atoms with van der Waals surface area (Å²) in [7, 11) is 0. The number of halogens is 4. The minimum absolute atomic E-state index is 0. The fourth-order valence-electron chi connectivity index (χ4n) is 0.601. The van der Waals surface area contributed by atoms with E-state index in [2.05, 4.69) is 0 Å². The van der Waals surface area contributed by atoms with Crippen LogP contribution in [0.4, 0.5) is 0 Å². The van der Waals surface area contributed by atoms with Crippen LogP contribution in [0.25, 0.3) is 0 Å². The first-order valence-electron chi connectivity index (χ1n) is 2.62. The molecule has 0 radical (unpaired) electrons. The third kappa shape index (κ3) is 4.07. The molecular weight excluding hydrogens is 226 g/mol. The Morgan fingerprint density at radius 3 is 1.91 bits per heavy atom. The maximum Gasteiger partial charge on any atom is 0.0594 e. The zero-order valence-electron chi connectivity index (χ0n) is 5.80. The molecule has 11 heavy (non-hydrogen) atoms. The molecule has 0 unspecified atom stereocenters. The molecule has 0 saturated carbocycles. The molecule has 0 nitrogen and oxygen atoms in total. The van der Waals surface area contributed by atoms with Crippen molar-refractivity contribution in [3.05, 3.63) is 33.8 Å². The zero-order chi connectivity index (χ0) is 6.85. The summed E-state index contributed by atoms with van der Waals surface area (Å²) in [5.41, 5.74) is 1.13. The molecule has 0 aliphatic rings. The Morgan fingerprint density at radius 2 is 1.55 bits per heavy atom. The number of rotatable bonds is 0. The van der Waals surface area contributed by atoms with Gasteiger partial charge in [0.15, 0.2) is 0 Å². The predicted molar refractivity (Wildman–Crippen MR) is 55.7 cm³/mol. The topological polar surface area (TPSA) is 0 Å². The van der Waals surface area contributed by atoms with E-state index in [1.54, 1.807) is 6.07 Å². The summed E-state index contributed by atoms with van der Waals surface area (Å²) < 4.78 is 0. The fraction of sp³-hybridized carbons (Fsp3) is 0.143. The highest BCUT2D eigenvalue weighted by Gasteiger charge is 1.93. The minimum Gasteiger partial charge on any atom is -0.147 e. The van der Waals surface area contributed by atoms with Crippen molar-refractivity contribution in [3.63, 3.8) is 0 Å². The highest BCUT2D eigenvalue weighted by atomic mass is 35.5. The van der Waals surface area contributed by atoms with Gasteiger partial charge >= 0.3 is 0 Å². The van der Waals surface area contributed by atoms with Gasteiger partial charge in [-0.25, -0.2) is 0 Å². The summed E-state index contributed by atoms with van der Waals surface area (Å²) in [5, 5.41) is 1.24. The SMILES string of the molecule is Cc1ccc(Cl)c(Cl)c1.Cl.Cl. The molecule has 4 heteroatoms. The Labute approximate surface area is 88.7 Å². The van der Waals surface area contributed by atoms with E-state index in [1.807, 2.05) is 19.1 Å². The van der Waals surface area contributed by atoms with Gasteiger partial charge in [-0.3, -0.25) is 0 Å². The van der Waals surface area contributed by atoms with Gasteiger partial charge in [0.2, 0.25) is 0 Å². The molecule has 64 valence electrons. The molecule has 0 heterocycles. The molecule has 0 spiro atoms. The van der Waals surface area contributed by atoms with Crippen molar-refractivity contribution >= 4 is 48.0 Å². The van der Waals surface area contributed by atoms with Crippen molar-refractivity contribution in [2.24, 2.45) is 0 Å². The first-order chi connectivity index (χ1) is 4.20. The van der Waals surface area contributed by atoms with Crippen LogP contribution in [0.15, 0.2) is 18.2 Å². The van der Waals surface area contributed by atoms with Crippen molar-refractivity contribution in [1.82, 2.24) is 0 Å². The average Bonchev–Trinajstić information content (AvgIpc) is 1.80. The van der Waals surface area contributed by atoms with Crippen LogP contribution in [0.5, 0.6) is 0 Å². The maximum atomic E-state index is 5.68. The fourth-order valence-corrected chi connectivity index (χ4v) is 0.954. The standard InChI is InChI=1S/C7H6Cl2.2ClH/c1-5-2-3-6(8)7(9)4-5;;/h2-4H,1H3;2*1H. The van der Waals surface area contributed by atoms with Crippen LogP contribution >= 0.6 is 48.0 Å². The van der Waals surface area contributed by atoms with Crippen LogP contribution in [0.3, 0.4) is 0 Å².